The van der Waals surface area contributed by atoms with Gasteiger partial charge < -0.3 is 9.53 Å². The summed E-state index contributed by atoms with van der Waals surface area (Å²) in [6, 6.07) is 1.94. The van der Waals surface area contributed by atoms with Crippen LogP contribution in [-0.4, -0.2) is 18.9 Å². The van der Waals surface area contributed by atoms with E-state index in [0.29, 0.717) is 19.1 Å². The number of esters is 1. The first-order chi connectivity index (χ1) is 5.81. The summed E-state index contributed by atoms with van der Waals surface area (Å²) >= 11 is 0. The summed E-state index contributed by atoms with van der Waals surface area (Å²) in [6.45, 7) is 0.269. The third-order valence-corrected chi connectivity index (χ3v) is 1.16. The molecule has 12 heavy (non-hydrogen) atoms. The number of ether oxygens (including phenoxy) is 1. The van der Waals surface area contributed by atoms with Crippen LogP contribution in [0.5, 0.6) is 0 Å². The predicted molar refractivity (Wildman–Crippen MR) is 41.1 cm³/mol. The van der Waals surface area contributed by atoms with Crippen LogP contribution in [0.3, 0.4) is 0 Å². The van der Waals surface area contributed by atoms with Crippen molar-refractivity contribution in [3.8, 4) is 6.07 Å². The summed E-state index contributed by atoms with van der Waals surface area (Å²) in [4.78, 5) is 20.5. The summed E-state index contributed by atoms with van der Waals surface area (Å²) in [5.41, 5.74) is 0. The maximum absolute atomic E-state index is 10.7. The summed E-state index contributed by atoms with van der Waals surface area (Å²) < 4.78 is 4.70. The number of carbonyl (C=O) groups excluding carboxylic acids is 2. The molecule has 66 valence electrons. The third kappa shape index (κ3) is 6.75. The van der Waals surface area contributed by atoms with E-state index in [4.69, 9.17) is 10.00 Å². The van der Waals surface area contributed by atoms with Crippen molar-refractivity contribution in [1.82, 2.24) is 0 Å². The smallest absolute Gasteiger partial charge is 0.306 e. The second-order valence-corrected chi connectivity index (χ2v) is 2.19. The van der Waals surface area contributed by atoms with Gasteiger partial charge in [0.2, 0.25) is 0 Å². The van der Waals surface area contributed by atoms with E-state index in [1.165, 1.54) is 0 Å². The third-order valence-electron chi connectivity index (χ3n) is 1.16. The number of hydrogen-bond acceptors (Lipinski definition) is 4. The molecule has 4 nitrogen and oxygen atoms in total. The van der Waals surface area contributed by atoms with Crippen LogP contribution in [-0.2, 0) is 14.3 Å². The van der Waals surface area contributed by atoms with Crippen molar-refractivity contribution < 1.29 is 14.3 Å². The highest BCUT2D eigenvalue weighted by molar-refractivity contribution is 5.72. The maximum atomic E-state index is 10.7. The zero-order chi connectivity index (χ0) is 9.23. The van der Waals surface area contributed by atoms with E-state index in [1.807, 2.05) is 6.07 Å². The van der Waals surface area contributed by atoms with Crippen molar-refractivity contribution in [2.24, 2.45) is 0 Å². The molecule has 0 radical (unpaired) electrons. The van der Waals surface area contributed by atoms with E-state index in [1.54, 1.807) is 0 Å². The molecule has 0 bridgehead atoms. The van der Waals surface area contributed by atoms with E-state index in [-0.39, 0.29) is 25.4 Å². The Labute approximate surface area is 71.1 Å². The highest BCUT2D eigenvalue weighted by Gasteiger charge is 2.00. The molecule has 0 rings (SSSR count). The fraction of sp³-hybridized carbons (Fsp3) is 0.625. The Balaban J connectivity index is 3.20. The van der Waals surface area contributed by atoms with Crippen LogP contribution >= 0.6 is 0 Å². The van der Waals surface area contributed by atoms with E-state index in [9.17, 15) is 9.59 Å². The SMILES string of the molecule is N#CCCCOC(=O)CCC=O. The second kappa shape index (κ2) is 7.73. The Kier molecular flexibility index (Phi) is 6.85. The number of unbranched alkanes of at least 4 members (excludes halogenated alkanes) is 1. The minimum absolute atomic E-state index is 0.135. The van der Waals surface area contributed by atoms with Crippen molar-refractivity contribution in [2.75, 3.05) is 6.61 Å². The summed E-state index contributed by atoms with van der Waals surface area (Å²) in [7, 11) is 0. The average Bonchev–Trinajstić information content (AvgIpc) is 2.09. The van der Waals surface area contributed by atoms with E-state index in [0.717, 1.165) is 0 Å². The molecular formula is C8H11NO3. The standard InChI is InChI=1S/C8H11NO3/c9-5-1-2-7-12-8(11)4-3-6-10/h6H,1-4,7H2. The molecule has 0 aliphatic rings. The molecule has 0 aromatic carbocycles. The Hall–Kier alpha value is -1.37. The fourth-order valence-corrected chi connectivity index (χ4v) is 0.586. The zero-order valence-corrected chi connectivity index (χ0v) is 6.78. The lowest BCUT2D eigenvalue weighted by atomic mass is 10.3. The normalized spacial score (nSPS) is 8.58. The van der Waals surface area contributed by atoms with Gasteiger partial charge in [-0.15, -0.1) is 0 Å². The van der Waals surface area contributed by atoms with Gasteiger partial charge in [-0.05, 0) is 6.42 Å². The first-order valence-electron chi connectivity index (χ1n) is 3.77. The molecule has 0 aromatic rings. The average molecular weight is 169 g/mol. The van der Waals surface area contributed by atoms with Crippen LogP contribution in [0, 0.1) is 11.3 Å². The lowest BCUT2D eigenvalue weighted by molar-refractivity contribution is -0.144. The van der Waals surface area contributed by atoms with Crippen molar-refractivity contribution in [3.63, 3.8) is 0 Å². The molecule has 0 amide bonds. The van der Waals surface area contributed by atoms with E-state index in [2.05, 4.69) is 0 Å². The van der Waals surface area contributed by atoms with Crippen molar-refractivity contribution in [1.29, 1.82) is 5.26 Å². The lowest BCUT2D eigenvalue weighted by Crippen LogP contribution is -2.05. The molecule has 0 fully saturated rings. The molecule has 4 heteroatoms. The molecule has 0 saturated carbocycles. The lowest BCUT2D eigenvalue weighted by Gasteiger charge is -2.00. The molecule has 0 aliphatic carbocycles. The second-order valence-electron chi connectivity index (χ2n) is 2.19. The molecule has 0 aliphatic heterocycles. The number of aldehydes is 1. The van der Waals surface area contributed by atoms with E-state index < -0.39 is 0 Å². The molecule has 0 N–H and O–H groups in total. The molecule has 0 spiro atoms. The molecule has 0 unspecified atom stereocenters. The molecule has 0 saturated heterocycles. The van der Waals surface area contributed by atoms with Crippen LogP contribution < -0.4 is 0 Å². The summed E-state index contributed by atoms with van der Waals surface area (Å²) in [6.07, 6.45) is 1.97. The maximum Gasteiger partial charge on any atom is 0.306 e. The van der Waals surface area contributed by atoms with Gasteiger partial charge in [-0.1, -0.05) is 0 Å². The van der Waals surface area contributed by atoms with Gasteiger partial charge in [0, 0.05) is 12.8 Å². The molecule has 0 atom stereocenters. The minimum Gasteiger partial charge on any atom is -0.466 e. The fourth-order valence-electron chi connectivity index (χ4n) is 0.586. The number of rotatable bonds is 6. The van der Waals surface area contributed by atoms with E-state index >= 15 is 0 Å². The molecule has 0 heterocycles. The molecular weight excluding hydrogens is 158 g/mol. The van der Waals surface area contributed by atoms with Crippen LogP contribution in [0.15, 0.2) is 0 Å². The largest absolute Gasteiger partial charge is 0.466 e. The minimum atomic E-state index is -0.375. The number of carbonyl (C=O) groups is 2. The van der Waals surface area contributed by atoms with Gasteiger partial charge in [0.15, 0.2) is 0 Å². The number of nitriles is 1. The number of nitrogens with zero attached hydrogens (tertiary/aromatic N) is 1. The van der Waals surface area contributed by atoms with Crippen LogP contribution in [0.2, 0.25) is 0 Å². The Morgan fingerprint density at radius 2 is 2.33 bits per heavy atom. The Morgan fingerprint density at radius 1 is 1.58 bits per heavy atom. The molecule has 0 aromatic heterocycles. The topological polar surface area (TPSA) is 67.2 Å². The first kappa shape index (κ1) is 10.6. The summed E-state index contributed by atoms with van der Waals surface area (Å²) in [5.74, 6) is -0.375. The van der Waals surface area contributed by atoms with Gasteiger partial charge in [0.25, 0.3) is 0 Å². The van der Waals surface area contributed by atoms with Crippen molar-refractivity contribution >= 4 is 12.3 Å². The Morgan fingerprint density at radius 3 is 2.92 bits per heavy atom. The zero-order valence-electron chi connectivity index (χ0n) is 6.78. The highest BCUT2D eigenvalue weighted by Crippen LogP contribution is 1.93. The van der Waals surface area contributed by atoms with Gasteiger partial charge in [0.1, 0.15) is 6.29 Å². The number of hydrogen-bond donors (Lipinski definition) is 0. The van der Waals surface area contributed by atoms with Crippen LogP contribution in [0.4, 0.5) is 0 Å². The van der Waals surface area contributed by atoms with Gasteiger partial charge in [0.05, 0.1) is 19.1 Å². The van der Waals surface area contributed by atoms with Gasteiger partial charge in [-0.2, -0.15) is 5.26 Å². The van der Waals surface area contributed by atoms with Crippen LogP contribution in [0.1, 0.15) is 25.7 Å². The van der Waals surface area contributed by atoms with Gasteiger partial charge in [-0.25, -0.2) is 0 Å². The van der Waals surface area contributed by atoms with Crippen molar-refractivity contribution in [3.05, 3.63) is 0 Å². The monoisotopic (exact) mass is 169 g/mol. The predicted octanol–water partition coefficient (Wildman–Crippen LogP) is 0.812. The van der Waals surface area contributed by atoms with Crippen LogP contribution in [0.25, 0.3) is 0 Å². The first-order valence-corrected chi connectivity index (χ1v) is 3.77. The quantitative estimate of drug-likeness (QED) is 0.335. The van der Waals surface area contributed by atoms with Gasteiger partial charge in [-0.3, -0.25) is 4.79 Å². The Bertz CT molecular complexity index is 183. The summed E-state index contributed by atoms with van der Waals surface area (Å²) in [5, 5.41) is 8.14. The van der Waals surface area contributed by atoms with Gasteiger partial charge >= 0.3 is 5.97 Å². The van der Waals surface area contributed by atoms with Crippen molar-refractivity contribution in [2.45, 2.75) is 25.7 Å². The highest BCUT2D eigenvalue weighted by atomic mass is 16.5.